The summed E-state index contributed by atoms with van der Waals surface area (Å²) in [5.41, 5.74) is 3.83. The molecule has 0 bridgehead atoms. The molecule has 144 valence electrons. The zero-order chi connectivity index (χ0) is 19.6. The van der Waals surface area contributed by atoms with Crippen LogP contribution in [0.15, 0.2) is 24.3 Å². The molecule has 1 aromatic heterocycles. The average molecular weight is 370 g/mol. The number of aryl methyl sites for hydroxylation is 2. The van der Waals surface area contributed by atoms with Crippen LogP contribution in [0.25, 0.3) is 0 Å². The molecule has 1 aliphatic heterocycles. The summed E-state index contributed by atoms with van der Waals surface area (Å²) in [6, 6.07) is 6.93. The first kappa shape index (κ1) is 18.9. The minimum atomic E-state index is -0.472. The molecule has 2 amide bonds. The number of hydrogen-bond donors (Lipinski definition) is 1. The molecule has 3 rings (SSSR count). The number of carbonyl (C=O) groups is 2. The van der Waals surface area contributed by atoms with Crippen molar-refractivity contribution in [3.8, 4) is 5.75 Å². The summed E-state index contributed by atoms with van der Waals surface area (Å²) < 4.78 is 5.16. The van der Waals surface area contributed by atoms with E-state index in [9.17, 15) is 9.59 Å². The number of rotatable bonds is 5. The van der Waals surface area contributed by atoms with Gasteiger partial charge in [0.2, 0.25) is 11.8 Å². The monoisotopic (exact) mass is 370 g/mol. The van der Waals surface area contributed by atoms with Gasteiger partial charge in [0.15, 0.2) is 0 Å². The first-order chi connectivity index (χ1) is 12.9. The Balaban J connectivity index is 1.64. The number of nitrogens with one attached hydrogen (secondary N) is 1. The summed E-state index contributed by atoms with van der Waals surface area (Å²) in [5, 5.41) is 7.11. The minimum absolute atomic E-state index is 0.00484. The van der Waals surface area contributed by atoms with Crippen LogP contribution in [-0.4, -0.2) is 53.2 Å². The highest BCUT2D eigenvalue weighted by atomic mass is 16.5. The third kappa shape index (κ3) is 3.82. The smallest absolute Gasteiger partial charge is 0.249 e. The van der Waals surface area contributed by atoms with E-state index in [1.807, 2.05) is 38.1 Å². The van der Waals surface area contributed by atoms with Crippen LogP contribution in [0.1, 0.15) is 30.3 Å². The predicted molar refractivity (Wildman–Crippen MR) is 103 cm³/mol. The third-order valence-corrected chi connectivity index (χ3v) is 5.23. The van der Waals surface area contributed by atoms with Crippen LogP contribution < -0.4 is 9.64 Å². The van der Waals surface area contributed by atoms with Gasteiger partial charge < -0.3 is 14.5 Å². The van der Waals surface area contributed by atoms with Crippen LogP contribution >= 0.6 is 0 Å². The number of H-pyrrole nitrogens is 1. The number of amides is 2. The topological polar surface area (TPSA) is 78.5 Å². The van der Waals surface area contributed by atoms with Crippen molar-refractivity contribution in [2.75, 3.05) is 25.1 Å². The number of ether oxygens (including phenoxy) is 1. The lowest BCUT2D eigenvalue weighted by atomic mass is 10.1. The van der Waals surface area contributed by atoms with Crippen LogP contribution in [0.5, 0.6) is 5.75 Å². The highest BCUT2D eigenvalue weighted by Gasteiger charge is 2.34. The molecular formula is C20H26N4O3. The normalized spacial score (nSPS) is 17.3. The van der Waals surface area contributed by atoms with E-state index < -0.39 is 6.04 Å². The number of piperazine rings is 1. The highest BCUT2D eigenvalue weighted by Crippen LogP contribution is 2.24. The van der Waals surface area contributed by atoms with Crippen molar-refractivity contribution in [3.05, 3.63) is 41.2 Å². The van der Waals surface area contributed by atoms with Crippen LogP contribution in [0.2, 0.25) is 0 Å². The molecule has 1 unspecified atom stereocenters. The number of anilines is 1. The molecule has 1 atom stereocenters. The van der Waals surface area contributed by atoms with Crippen LogP contribution in [0.4, 0.5) is 5.69 Å². The van der Waals surface area contributed by atoms with Crippen LogP contribution in [0, 0.1) is 13.8 Å². The Hall–Kier alpha value is -2.83. The van der Waals surface area contributed by atoms with E-state index in [0.29, 0.717) is 25.9 Å². The average Bonchev–Trinajstić information content (AvgIpc) is 3.00. The van der Waals surface area contributed by atoms with Crippen molar-refractivity contribution in [2.45, 2.75) is 39.7 Å². The van der Waals surface area contributed by atoms with Crippen molar-refractivity contribution in [3.63, 3.8) is 0 Å². The number of aromatic amines is 1. The van der Waals surface area contributed by atoms with Gasteiger partial charge in [-0.3, -0.25) is 14.7 Å². The van der Waals surface area contributed by atoms with E-state index in [0.717, 1.165) is 28.4 Å². The molecule has 1 aliphatic rings. The lowest BCUT2D eigenvalue weighted by Gasteiger charge is -2.39. The zero-order valence-corrected chi connectivity index (χ0v) is 16.3. The maximum Gasteiger partial charge on any atom is 0.249 e. The second-order valence-corrected chi connectivity index (χ2v) is 6.86. The van der Waals surface area contributed by atoms with Gasteiger partial charge in [-0.15, -0.1) is 0 Å². The summed E-state index contributed by atoms with van der Waals surface area (Å²) in [4.78, 5) is 29.0. The van der Waals surface area contributed by atoms with Gasteiger partial charge in [-0.2, -0.15) is 5.10 Å². The summed E-state index contributed by atoms with van der Waals surface area (Å²) in [6.07, 6.45) is 1.01. The largest absolute Gasteiger partial charge is 0.497 e. The fraction of sp³-hybridized carbons (Fsp3) is 0.450. The van der Waals surface area contributed by atoms with Gasteiger partial charge in [-0.25, -0.2) is 0 Å². The Labute approximate surface area is 159 Å². The van der Waals surface area contributed by atoms with E-state index >= 15 is 0 Å². The minimum Gasteiger partial charge on any atom is -0.497 e. The van der Waals surface area contributed by atoms with Gasteiger partial charge >= 0.3 is 0 Å². The van der Waals surface area contributed by atoms with E-state index in [4.69, 9.17) is 4.74 Å². The van der Waals surface area contributed by atoms with Crippen molar-refractivity contribution < 1.29 is 14.3 Å². The van der Waals surface area contributed by atoms with Gasteiger partial charge in [-0.1, -0.05) is 0 Å². The Morgan fingerprint density at radius 2 is 1.96 bits per heavy atom. The number of hydrogen-bond acceptors (Lipinski definition) is 4. The maximum absolute atomic E-state index is 12.8. The Kier molecular flexibility index (Phi) is 5.48. The lowest BCUT2D eigenvalue weighted by molar-refractivity contribution is -0.140. The number of methoxy groups -OCH3 is 1. The molecule has 27 heavy (non-hydrogen) atoms. The first-order valence-electron chi connectivity index (χ1n) is 9.17. The van der Waals surface area contributed by atoms with Gasteiger partial charge in [-0.05, 0) is 57.0 Å². The molecule has 1 fully saturated rings. The van der Waals surface area contributed by atoms with E-state index in [1.165, 1.54) is 0 Å². The van der Waals surface area contributed by atoms with Crippen LogP contribution in [0.3, 0.4) is 0 Å². The van der Waals surface area contributed by atoms with Crippen molar-refractivity contribution in [2.24, 2.45) is 0 Å². The summed E-state index contributed by atoms with van der Waals surface area (Å²) in [5.74, 6) is 0.693. The lowest BCUT2D eigenvalue weighted by Crippen LogP contribution is -2.57. The fourth-order valence-electron chi connectivity index (χ4n) is 3.55. The molecule has 7 nitrogen and oxygen atoms in total. The predicted octanol–water partition coefficient (Wildman–Crippen LogP) is 2.23. The number of carbonyl (C=O) groups excluding carboxylic acids is 2. The van der Waals surface area contributed by atoms with Crippen molar-refractivity contribution >= 4 is 17.5 Å². The highest BCUT2D eigenvalue weighted by molar-refractivity contribution is 6.00. The third-order valence-electron chi connectivity index (χ3n) is 5.23. The summed E-state index contributed by atoms with van der Waals surface area (Å²) in [6.45, 7) is 6.71. The number of benzene rings is 1. The fourth-order valence-corrected chi connectivity index (χ4v) is 3.55. The molecule has 2 heterocycles. The first-order valence-corrected chi connectivity index (χ1v) is 9.17. The molecular weight excluding hydrogens is 344 g/mol. The zero-order valence-electron chi connectivity index (χ0n) is 16.3. The number of aromatic nitrogens is 2. The van der Waals surface area contributed by atoms with Gasteiger partial charge in [0.05, 0.1) is 12.8 Å². The second kappa shape index (κ2) is 7.82. The van der Waals surface area contributed by atoms with Crippen molar-refractivity contribution in [1.82, 2.24) is 15.1 Å². The van der Waals surface area contributed by atoms with Crippen molar-refractivity contribution in [1.29, 1.82) is 0 Å². The van der Waals surface area contributed by atoms with Gasteiger partial charge in [0.1, 0.15) is 11.8 Å². The molecule has 7 heteroatoms. The molecule has 1 aromatic carbocycles. The molecule has 0 spiro atoms. The SMILES string of the molecule is COc1ccc(N2CCN(C(=O)CCc3c(C)n[nH]c3C)C(C)C2=O)cc1. The maximum atomic E-state index is 12.8. The van der Waals surface area contributed by atoms with Gasteiger partial charge in [0, 0.05) is 30.9 Å². The Morgan fingerprint density at radius 3 is 2.56 bits per heavy atom. The standard InChI is InChI=1S/C20H26N4O3/c1-13-18(14(2)22-21-13)9-10-19(25)23-11-12-24(20(26)15(23)3)16-5-7-17(27-4)8-6-16/h5-8,15H,9-12H2,1-4H3,(H,21,22). The molecule has 2 aromatic rings. The van der Waals surface area contributed by atoms with E-state index in [2.05, 4.69) is 10.2 Å². The van der Waals surface area contributed by atoms with Gasteiger partial charge in [0.25, 0.3) is 0 Å². The quantitative estimate of drug-likeness (QED) is 0.875. The second-order valence-electron chi connectivity index (χ2n) is 6.86. The van der Waals surface area contributed by atoms with E-state index in [-0.39, 0.29) is 11.8 Å². The van der Waals surface area contributed by atoms with Crippen LogP contribution in [-0.2, 0) is 16.0 Å². The summed E-state index contributed by atoms with van der Waals surface area (Å²) >= 11 is 0. The molecule has 1 saturated heterocycles. The molecule has 0 radical (unpaired) electrons. The Morgan fingerprint density at radius 1 is 1.26 bits per heavy atom. The summed E-state index contributed by atoms with van der Waals surface area (Å²) in [7, 11) is 1.61. The molecule has 0 aliphatic carbocycles. The molecule has 0 saturated carbocycles. The Bertz CT molecular complexity index is 809. The van der Waals surface area contributed by atoms with E-state index in [1.54, 1.807) is 23.8 Å². The number of nitrogens with zero attached hydrogens (tertiary/aromatic N) is 3. The molecule has 1 N–H and O–H groups in total.